The lowest BCUT2D eigenvalue weighted by atomic mass is 9.98. The number of carboxylic acid groups (broad SMARTS) is 1. The van der Waals surface area contributed by atoms with Gasteiger partial charge in [0.25, 0.3) is 0 Å². The summed E-state index contributed by atoms with van der Waals surface area (Å²) in [7, 11) is 0. The first-order chi connectivity index (χ1) is 12.6. The third kappa shape index (κ3) is 5.35. The van der Waals surface area contributed by atoms with E-state index in [-0.39, 0.29) is 6.04 Å². The van der Waals surface area contributed by atoms with Gasteiger partial charge in [0, 0.05) is 32.2 Å². The SMILES string of the molecule is CCC(c1ccc(C(C)NC(=O)C(F)(F)F)cc1)N1CCN(C(=O)O)CC1. The van der Waals surface area contributed by atoms with Gasteiger partial charge >= 0.3 is 18.2 Å². The first-order valence-corrected chi connectivity index (χ1v) is 8.83. The van der Waals surface area contributed by atoms with Crippen molar-refractivity contribution in [1.29, 1.82) is 0 Å². The summed E-state index contributed by atoms with van der Waals surface area (Å²) in [5.74, 6) is -1.96. The van der Waals surface area contributed by atoms with Crippen LogP contribution in [0.25, 0.3) is 0 Å². The van der Waals surface area contributed by atoms with Crippen LogP contribution in [0.2, 0.25) is 0 Å². The third-order valence-electron chi connectivity index (χ3n) is 4.84. The first kappa shape index (κ1) is 21.0. The van der Waals surface area contributed by atoms with Gasteiger partial charge in [-0.1, -0.05) is 31.2 Å². The van der Waals surface area contributed by atoms with E-state index < -0.39 is 24.2 Å². The smallest absolute Gasteiger partial charge is 0.465 e. The number of hydrogen-bond donors (Lipinski definition) is 2. The minimum atomic E-state index is -4.90. The van der Waals surface area contributed by atoms with E-state index >= 15 is 0 Å². The summed E-state index contributed by atoms with van der Waals surface area (Å²) >= 11 is 0. The van der Waals surface area contributed by atoms with Gasteiger partial charge in [0.1, 0.15) is 0 Å². The summed E-state index contributed by atoms with van der Waals surface area (Å²) in [5, 5.41) is 11.0. The highest BCUT2D eigenvalue weighted by atomic mass is 19.4. The minimum Gasteiger partial charge on any atom is -0.465 e. The monoisotopic (exact) mass is 387 g/mol. The standard InChI is InChI=1S/C18H24F3N3O3/c1-3-15(23-8-10-24(11-9-23)17(26)27)14-6-4-13(5-7-14)12(2)22-16(25)18(19,20)21/h4-7,12,15H,3,8-11H2,1-2H3,(H,22,25)(H,26,27). The number of alkyl halides is 3. The van der Waals surface area contributed by atoms with Crippen LogP contribution in [0, 0.1) is 0 Å². The van der Waals surface area contributed by atoms with Gasteiger partial charge in [-0.15, -0.1) is 0 Å². The molecule has 1 aliphatic heterocycles. The molecule has 0 spiro atoms. The lowest BCUT2D eigenvalue weighted by Gasteiger charge is -2.38. The summed E-state index contributed by atoms with van der Waals surface area (Å²) in [6, 6.07) is 6.48. The van der Waals surface area contributed by atoms with Gasteiger partial charge in [-0.25, -0.2) is 4.79 Å². The molecule has 1 aliphatic rings. The largest absolute Gasteiger partial charge is 0.471 e. The second kappa shape index (κ2) is 8.60. The molecule has 2 rings (SSSR count). The van der Waals surface area contributed by atoms with Gasteiger partial charge in [0.15, 0.2) is 0 Å². The summed E-state index contributed by atoms with van der Waals surface area (Å²) in [5.41, 5.74) is 1.60. The van der Waals surface area contributed by atoms with Crippen molar-refractivity contribution in [2.24, 2.45) is 0 Å². The topological polar surface area (TPSA) is 72.9 Å². The molecule has 1 saturated heterocycles. The van der Waals surface area contributed by atoms with Crippen molar-refractivity contribution < 1.29 is 27.9 Å². The fourth-order valence-electron chi connectivity index (χ4n) is 3.30. The average Bonchev–Trinajstić information content (AvgIpc) is 2.62. The van der Waals surface area contributed by atoms with Crippen LogP contribution >= 0.6 is 0 Å². The maximum absolute atomic E-state index is 12.4. The number of benzene rings is 1. The molecule has 0 saturated carbocycles. The molecule has 0 bridgehead atoms. The molecule has 9 heteroatoms. The first-order valence-electron chi connectivity index (χ1n) is 8.83. The predicted octanol–water partition coefficient (Wildman–Crippen LogP) is 3.17. The summed E-state index contributed by atoms with van der Waals surface area (Å²) in [4.78, 5) is 25.7. The maximum Gasteiger partial charge on any atom is 0.471 e. The van der Waals surface area contributed by atoms with E-state index in [2.05, 4.69) is 4.90 Å². The summed E-state index contributed by atoms with van der Waals surface area (Å²) in [6.45, 7) is 5.69. The molecule has 1 fully saturated rings. The molecule has 0 aliphatic carbocycles. The number of amides is 2. The zero-order valence-electron chi connectivity index (χ0n) is 15.3. The highest BCUT2D eigenvalue weighted by Gasteiger charge is 2.39. The molecule has 2 atom stereocenters. The van der Waals surface area contributed by atoms with Crippen molar-refractivity contribution >= 4 is 12.0 Å². The molecular weight excluding hydrogens is 363 g/mol. The number of piperazine rings is 1. The second-order valence-corrected chi connectivity index (χ2v) is 6.59. The van der Waals surface area contributed by atoms with Crippen molar-refractivity contribution in [2.75, 3.05) is 26.2 Å². The lowest BCUT2D eigenvalue weighted by molar-refractivity contribution is -0.174. The Labute approximate surface area is 155 Å². The van der Waals surface area contributed by atoms with Crippen molar-refractivity contribution in [3.8, 4) is 0 Å². The zero-order chi connectivity index (χ0) is 20.2. The van der Waals surface area contributed by atoms with Gasteiger partial charge < -0.3 is 15.3 Å². The van der Waals surface area contributed by atoms with E-state index in [0.717, 1.165) is 12.0 Å². The van der Waals surface area contributed by atoms with Crippen LogP contribution in [0.4, 0.5) is 18.0 Å². The van der Waals surface area contributed by atoms with E-state index in [1.54, 1.807) is 12.1 Å². The Kier molecular flexibility index (Phi) is 6.69. The fraction of sp³-hybridized carbons (Fsp3) is 0.556. The van der Waals surface area contributed by atoms with Crippen molar-refractivity contribution in [2.45, 2.75) is 38.5 Å². The molecule has 150 valence electrons. The molecule has 2 amide bonds. The molecule has 1 aromatic rings. The maximum atomic E-state index is 12.4. The van der Waals surface area contributed by atoms with Gasteiger partial charge in [0.05, 0.1) is 6.04 Å². The Balaban J connectivity index is 2.02. The number of halogens is 3. The number of hydrogen-bond acceptors (Lipinski definition) is 3. The van der Waals surface area contributed by atoms with E-state index in [4.69, 9.17) is 5.11 Å². The number of carbonyl (C=O) groups excluding carboxylic acids is 1. The van der Waals surface area contributed by atoms with Crippen molar-refractivity contribution in [1.82, 2.24) is 15.1 Å². The van der Waals surface area contributed by atoms with Crippen molar-refractivity contribution in [3.05, 3.63) is 35.4 Å². The zero-order valence-corrected chi connectivity index (χ0v) is 15.3. The highest BCUT2D eigenvalue weighted by molar-refractivity contribution is 5.82. The predicted molar refractivity (Wildman–Crippen MR) is 93.3 cm³/mol. The molecular formula is C18H24F3N3O3. The highest BCUT2D eigenvalue weighted by Crippen LogP contribution is 2.27. The quantitative estimate of drug-likeness (QED) is 0.814. The van der Waals surface area contributed by atoms with Crippen LogP contribution in [0.15, 0.2) is 24.3 Å². The molecule has 6 nitrogen and oxygen atoms in total. The van der Waals surface area contributed by atoms with Crippen LogP contribution in [-0.2, 0) is 4.79 Å². The van der Waals surface area contributed by atoms with Crippen LogP contribution in [-0.4, -0.2) is 59.3 Å². The average molecular weight is 387 g/mol. The van der Waals surface area contributed by atoms with Crippen molar-refractivity contribution in [3.63, 3.8) is 0 Å². The van der Waals surface area contributed by atoms with Crippen LogP contribution in [0.3, 0.4) is 0 Å². The molecule has 2 N–H and O–H groups in total. The van der Waals surface area contributed by atoms with E-state index in [9.17, 15) is 22.8 Å². The number of carbonyl (C=O) groups is 2. The second-order valence-electron chi connectivity index (χ2n) is 6.59. The number of nitrogens with zero attached hydrogens (tertiary/aromatic N) is 2. The molecule has 27 heavy (non-hydrogen) atoms. The number of rotatable bonds is 5. The van der Waals surface area contributed by atoms with E-state index in [1.807, 2.05) is 24.4 Å². The van der Waals surface area contributed by atoms with Gasteiger partial charge in [-0.3, -0.25) is 9.69 Å². The molecule has 1 aromatic carbocycles. The summed E-state index contributed by atoms with van der Waals surface area (Å²) < 4.78 is 37.1. The van der Waals surface area contributed by atoms with Gasteiger partial charge in [-0.2, -0.15) is 13.2 Å². The van der Waals surface area contributed by atoms with E-state index in [0.29, 0.717) is 31.7 Å². The van der Waals surface area contributed by atoms with Gasteiger partial charge in [-0.05, 0) is 24.5 Å². The molecule has 0 aromatic heterocycles. The number of nitrogens with one attached hydrogen (secondary N) is 1. The lowest BCUT2D eigenvalue weighted by Crippen LogP contribution is -2.49. The Morgan fingerprint density at radius 3 is 2.07 bits per heavy atom. The Bertz CT molecular complexity index is 656. The normalized spacial score (nSPS) is 18.0. The molecule has 0 radical (unpaired) electrons. The summed E-state index contributed by atoms with van der Waals surface area (Å²) in [6.07, 6.45) is -4.99. The van der Waals surface area contributed by atoms with Crippen LogP contribution in [0.1, 0.15) is 43.5 Å². The fourth-order valence-corrected chi connectivity index (χ4v) is 3.30. The third-order valence-corrected chi connectivity index (χ3v) is 4.84. The van der Waals surface area contributed by atoms with Gasteiger partial charge in [0.2, 0.25) is 0 Å². The van der Waals surface area contributed by atoms with Crippen LogP contribution < -0.4 is 5.32 Å². The molecule has 2 unspecified atom stereocenters. The Morgan fingerprint density at radius 1 is 1.11 bits per heavy atom. The van der Waals surface area contributed by atoms with Crippen LogP contribution in [0.5, 0.6) is 0 Å². The Hall–Kier alpha value is -2.29. The molecule has 1 heterocycles. The Morgan fingerprint density at radius 2 is 1.63 bits per heavy atom. The van der Waals surface area contributed by atoms with E-state index in [1.165, 1.54) is 11.8 Å². The minimum absolute atomic E-state index is 0.107.